The molecule has 0 radical (unpaired) electrons. The summed E-state index contributed by atoms with van der Waals surface area (Å²) in [5, 5.41) is 0. The molecule has 8 nitrogen and oxygen atoms in total. The predicted octanol–water partition coefficient (Wildman–Crippen LogP) is 5.11. The summed E-state index contributed by atoms with van der Waals surface area (Å²) in [6.45, 7) is 3.65. The molecule has 0 aliphatic carbocycles. The fourth-order valence-electron chi connectivity index (χ4n) is 2.01. The van der Waals surface area contributed by atoms with Crippen molar-refractivity contribution in [2.75, 3.05) is 26.4 Å². The van der Waals surface area contributed by atoms with Crippen LogP contribution in [0.2, 0.25) is 0 Å². The van der Waals surface area contributed by atoms with Crippen molar-refractivity contribution < 1.29 is 44.8 Å². The molecule has 1 aromatic rings. The van der Waals surface area contributed by atoms with E-state index >= 15 is 0 Å². The average Bonchev–Trinajstić information content (AvgIpc) is 2.62. The molecule has 0 aromatic carbocycles. The summed E-state index contributed by atoms with van der Waals surface area (Å²) < 4.78 is 102. The molecule has 0 saturated heterocycles. The van der Waals surface area contributed by atoms with Crippen molar-refractivity contribution >= 4 is 15.2 Å². The molecule has 0 amide bonds. The van der Waals surface area contributed by atoms with E-state index in [1.165, 1.54) is 27.7 Å². The van der Waals surface area contributed by atoms with Crippen LogP contribution in [0.4, 0.5) is 17.6 Å². The SMILES string of the molecule is CCOP(=O)(OCC)C(F)(F)c1ccnc(C(F)(F)P(=O)(OCC)OCC)n1. The number of halogens is 4. The molecule has 1 aromatic heterocycles. The van der Waals surface area contributed by atoms with Crippen molar-refractivity contribution in [1.82, 2.24) is 9.97 Å². The Bertz CT molecular complexity index is 675. The Morgan fingerprint density at radius 1 is 0.821 bits per heavy atom. The fraction of sp³-hybridized carbons (Fsp3) is 0.714. The summed E-state index contributed by atoms with van der Waals surface area (Å²) in [7, 11) is -10.2. The Labute approximate surface area is 160 Å². The van der Waals surface area contributed by atoms with Crippen LogP contribution in [0.25, 0.3) is 0 Å². The maximum atomic E-state index is 14.8. The van der Waals surface area contributed by atoms with E-state index in [-0.39, 0.29) is 13.2 Å². The minimum absolute atomic E-state index is 0.384. The minimum Gasteiger partial charge on any atom is -0.304 e. The zero-order valence-corrected chi connectivity index (χ0v) is 17.5. The first-order valence-electron chi connectivity index (χ1n) is 8.33. The lowest BCUT2D eigenvalue weighted by Gasteiger charge is -2.27. The summed E-state index contributed by atoms with van der Waals surface area (Å²) in [5.41, 5.74) is -10.2. The lowest BCUT2D eigenvalue weighted by molar-refractivity contribution is 0.0199. The lowest BCUT2D eigenvalue weighted by Crippen LogP contribution is -2.25. The van der Waals surface area contributed by atoms with Crippen LogP contribution >= 0.6 is 15.2 Å². The summed E-state index contributed by atoms with van der Waals surface area (Å²) in [4.78, 5) is 6.33. The highest BCUT2D eigenvalue weighted by Crippen LogP contribution is 2.68. The standard InChI is InChI=1S/C14H22F4N2O6P2/c1-5-23-27(21,24-6-2)13(15,16)11-9-10-19-12(20-11)14(17,18)28(22,25-7-3)26-8-4/h9-10H,5-8H2,1-4H3. The molecule has 0 atom stereocenters. The van der Waals surface area contributed by atoms with Crippen molar-refractivity contribution in [3.63, 3.8) is 0 Å². The van der Waals surface area contributed by atoms with E-state index in [9.17, 15) is 26.7 Å². The minimum atomic E-state index is -5.12. The largest absolute Gasteiger partial charge is 0.407 e. The van der Waals surface area contributed by atoms with Crippen LogP contribution in [0.3, 0.4) is 0 Å². The van der Waals surface area contributed by atoms with Crippen molar-refractivity contribution in [1.29, 1.82) is 0 Å². The second-order valence-electron chi connectivity index (χ2n) is 5.01. The normalized spacial score (nSPS) is 13.7. The highest BCUT2D eigenvalue weighted by atomic mass is 31.2. The first-order valence-corrected chi connectivity index (χ1v) is 11.4. The van der Waals surface area contributed by atoms with Gasteiger partial charge in [0.25, 0.3) is 0 Å². The number of alkyl halides is 4. The second kappa shape index (κ2) is 9.73. The molecule has 162 valence electrons. The second-order valence-corrected chi connectivity index (χ2v) is 9.16. The Hall–Kier alpha value is -0.900. The van der Waals surface area contributed by atoms with Crippen LogP contribution in [0.15, 0.2) is 12.3 Å². The summed E-state index contributed by atoms with van der Waals surface area (Å²) in [6, 6.07) is 0.580. The summed E-state index contributed by atoms with van der Waals surface area (Å²) in [5.74, 6) is -1.53. The zero-order valence-electron chi connectivity index (χ0n) is 15.7. The molecule has 1 heterocycles. The molecular formula is C14H22F4N2O6P2. The summed E-state index contributed by atoms with van der Waals surface area (Å²) >= 11 is 0. The average molecular weight is 452 g/mol. The maximum absolute atomic E-state index is 14.8. The molecule has 0 aliphatic rings. The molecule has 0 saturated carbocycles. The van der Waals surface area contributed by atoms with Crippen LogP contribution < -0.4 is 0 Å². The zero-order chi connectivity index (χ0) is 21.6. The first-order chi connectivity index (χ1) is 13.0. The number of hydrogen-bond donors (Lipinski definition) is 0. The highest BCUT2D eigenvalue weighted by Gasteiger charge is 2.60. The van der Waals surface area contributed by atoms with Gasteiger partial charge in [0.1, 0.15) is 5.69 Å². The number of nitrogens with zero attached hydrogens (tertiary/aromatic N) is 2. The molecule has 0 fully saturated rings. The van der Waals surface area contributed by atoms with Gasteiger partial charge in [-0.15, -0.1) is 0 Å². The molecule has 0 N–H and O–H groups in total. The van der Waals surface area contributed by atoms with E-state index < -0.39 is 51.3 Å². The third-order valence-electron chi connectivity index (χ3n) is 3.12. The number of aromatic nitrogens is 2. The van der Waals surface area contributed by atoms with Crippen LogP contribution in [0, 0.1) is 0 Å². The van der Waals surface area contributed by atoms with Gasteiger partial charge in [-0.2, -0.15) is 17.6 Å². The Balaban J connectivity index is 3.48. The van der Waals surface area contributed by atoms with Gasteiger partial charge in [0.2, 0.25) is 5.82 Å². The van der Waals surface area contributed by atoms with E-state index in [0.717, 1.165) is 0 Å². The quantitative estimate of drug-likeness (QED) is 0.319. The third kappa shape index (κ3) is 4.80. The van der Waals surface area contributed by atoms with Gasteiger partial charge in [-0.1, -0.05) is 0 Å². The molecule has 0 spiro atoms. The van der Waals surface area contributed by atoms with Gasteiger partial charge >= 0.3 is 26.5 Å². The highest BCUT2D eigenvalue weighted by molar-refractivity contribution is 7.55. The Morgan fingerprint density at radius 3 is 1.61 bits per heavy atom. The lowest BCUT2D eigenvalue weighted by atomic mass is 10.4. The molecule has 1 rings (SSSR count). The monoisotopic (exact) mass is 452 g/mol. The third-order valence-corrected chi connectivity index (χ3v) is 7.31. The predicted molar refractivity (Wildman–Crippen MR) is 91.5 cm³/mol. The molecule has 0 unspecified atom stereocenters. The van der Waals surface area contributed by atoms with E-state index in [0.29, 0.717) is 12.3 Å². The van der Waals surface area contributed by atoms with Crippen LogP contribution in [0.1, 0.15) is 39.2 Å². The van der Waals surface area contributed by atoms with Gasteiger partial charge in [0, 0.05) is 6.20 Å². The Kier molecular flexibility index (Phi) is 8.74. The molecule has 28 heavy (non-hydrogen) atoms. The van der Waals surface area contributed by atoms with Crippen LogP contribution in [-0.2, 0) is 38.6 Å². The van der Waals surface area contributed by atoms with Crippen molar-refractivity contribution in [3.8, 4) is 0 Å². The van der Waals surface area contributed by atoms with Crippen LogP contribution in [0.5, 0.6) is 0 Å². The fourth-order valence-corrected chi connectivity index (χ4v) is 4.93. The van der Waals surface area contributed by atoms with Gasteiger partial charge in [-0.25, -0.2) is 9.97 Å². The van der Waals surface area contributed by atoms with E-state index in [2.05, 4.69) is 28.1 Å². The van der Waals surface area contributed by atoms with Gasteiger partial charge < -0.3 is 18.1 Å². The number of hydrogen-bond acceptors (Lipinski definition) is 8. The van der Waals surface area contributed by atoms with Crippen molar-refractivity contribution in [3.05, 3.63) is 23.8 Å². The van der Waals surface area contributed by atoms with Crippen molar-refractivity contribution in [2.24, 2.45) is 0 Å². The molecular weight excluding hydrogens is 430 g/mol. The molecule has 14 heteroatoms. The van der Waals surface area contributed by atoms with Gasteiger partial charge in [0.15, 0.2) is 0 Å². The Morgan fingerprint density at radius 2 is 1.21 bits per heavy atom. The van der Waals surface area contributed by atoms with E-state index in [1.807, 2.05) is 0 Å². The van der Waals surface area contributed by atoms with Gasteiger partial charge in [0.05, 0.1) is 26.4 Å². The van der Waals surface area contributed by atoms with E-state index in [1.54, 1.807) is 0 Å². The van der Waals surface area contributed by atoms with Gasteiger partial charge in [-0.05, 0) is 33.8 Å². The number of rotatable bonds is 12. The first kappa shape index (κ1) is 25.1. The topological polar surface area (TPSA) is 96.8 Å². The smallest absolute Gasteiger partial charge is 0.304 e. The molecule has 0 aliphatic heterocycles. The van der Waals surface area contributed by atoms with E-state index in [4.69, 9.17) is 0 Å². The van der Waals surface area contributed by atoms with Gasteiger partial charge in [-0.3, -0.25) is 9.13 Å². The van der Waals surface area contributed by atoms with Crippen molar-refractivity contribution in [2.45, 2.75) is 39.0 Å². The summed E-state index contributed by atoms with van der Waals surface area (Å²) in [6.07, 6.45) is 0.587. The maximum Gasteiger partial charge on any atom is 0.407 e. The molecule has 0 bridgehead atoms. The van der Waals surface area contributed by atoms with Crippen LogP contribution in [-0.4, -0.2) is 36.4 Å².